The van der Waals surface area contributed by atoms with Crippen LogP contribution in [0.1, 0.15) is 43.2 Å². The second-order valence-electron chi connectivity index (χ2n) is 11.6. The lowest BCUT2D eigenvalue weighted by Crippen LogP contribution is -2.67. The van der Waals surface area contributed by atoms with Crippen molar-refractivity contribution in [3.63, 3.8) is 0 Å². The monoisotopic (exact) mass is 553 g/mol. The van der Waals surface area contributed by atoms with Crippen molar-refractivity contribution in [1.82, 2.24) is 4.90 Å². The number of phenolic OH excluding ortho intramolecular Hbond substituents is 1. The van der Waals surface area contributed by atoms with Crippen LogP contribution in [0, 0.1) is 11.8 Å². The van der Waals surface area contributed by atoms with Gasteiger partial charge in [0.25, 0.3) is 5.91 Å². The van der Waals surface area contributed by atoms with E-state index in [0.717, 1.165) is 31.6 Å². The summed E-state index contributed by atoms with van der Waals surface area (Å²) in [7, 11) is 1.62. The maximum atomic E-state index is 14.1. The number of primary amides is 1. The number of nitrogens with zero attached hydrogens (tertiary/aromatic N) is 2. The number of Topliss-reactive ketones (excluding diaryl/α,β-unsaturated/α-hetero) is 2. The number of ether oxygens (including phenoxy) is 1. The van der Waals surface area contributed by atoms with E-state index in [1.807, 2.05) is 11.0 Å². The Labute approximate surface area is 231 Å². The molecule has 6 N–H and O–H groups in total. The number of rotatable bonds is 4. The molecule has 0 unspecified atom stereocenters. The van der Waals surface area contributed by atoms with Gasteiger partial charge in [-0.3, -0.25) is 19.3 Å². The van der Waals surface area contributed by atoms with Gasteiger partial charge in [0.1, 0.15) is 22.8 Å². The van der Waals surface area contributed by atoms with Crippen LogP contribution >= 0.6 is 0 Å². The molecule has 1 amide bonds. The lowest BCUT2D eigenvalue weighted by Gasteiger charge is -2.52. The molecule has 11 nitrogen and oxygen atoms in total. The molecule has 0 spiro atoms. The number of aliphatic hydroxyl groups excluding tert-OH is 2. The third-order valence-corrected chi connectivity index (χ3v) is 9.67. The zero-order chi connectivity index (χ0) is 28.5. The minimum absolute atomic E-state index is 0.000570. The number of aromatic hydroxyl groups is 1. The van der Waals surface area contributed by atoms with Crippen molar-refractivity contribution in [3.05, 3.63) is 40.2 Å². The summed E-state index contributed by atoms with van der Waals surface area (Å²) < 4.78 is 5.46. The van der Waals surface area contributed by atoms with Crippen molar-refractivity contribution >= 4 is 28.9 Å². The third-order valence-electron chi connectivity index (χ3n) is 9.67. The Morgan fingerprint density at radius 1 is 1.07 bits per heavy atom. The topological polar surface area (TPSA) is 174 Å². The molecule has 214 valence electrons. The van der Waals surface area contributed by atoms with Crippen LogP contribution in [0.15, 0.2) is 29.0 Å². The summed E-state index contributed by atoms with van der Waals surface area (Å²) in [6.45, 7) is 2.53. The van der Waals surface area contributed by atoms with Gasteiger partial charge < -0.3 is 35.8 Å². The number of hydrogen-bond acceptors (Lipinski definition) is 10. The molecule has 6 rings (SSSR count). The van der Waals surface area contributed by atoms with Gasteiger partial charge in [0.15, 0.2) is 11.4 Å². The summed E-state index contributed by atoms with van der Waals surface area (Å²) in [5.41, 5.74) is 3.66. The average Bonchev–Trinajstić information content (AvgIpc) is 3.46. The molecule has 1 aromatic carbocycles. The molecule has 0 aromatic heterocycles. The number of carbonyl (C=O) groups is 3. The van der Waals surface area contributed by atoms with Crippen molar-refractivity contribution in [3.8, 4) is 5.75 Å². The molecule has 0 radical (unpaired) electrons. The van der Waals surface area contributed by atoms with Crippen molar-refractivity contribution < 1.29 is 39.5 Å². The number of nitrogens with two attached hydrogens (primary N) is 1. The summed E-state index contributed by atoms with van der Waals surface area (Å²) in [5.74, 6) is -6.31. The number of piperidine rings is 1. The van der Waals surface area contributed by atoms with Crippen LogP contribution < -0.4 is 10.6 Å². The summed E-state index contributed by atoms with van der Waals surface area (Å²) in [4.78, 5) is 44.3. The fourth-order valence-corrected chi connectivity index (χ4v) is 7.70. The highest BCUT2D eigenvalue weighted by molar-refractivity contribution is 6.24. The molecule has 3 fully saturated rings. The Kier molecular flexibility index (Phi) is 6.43. The van der Waals surface area contributed by atoms with Gasteiger partial charge in [0.2, 0.25) is 5.78 Å². The highest BCUT2D eigenvalue weighted by Gasteiger charge is 2.64. The Balaban J connectivity index is 1.49. The number of ketones is 2. The first-order chi connectivity index (χ1) is 19.1. The number of aliphatic hydroxyl groups is 3. The van der Waals surface area contributed by atoms with Gasteiger partial charge in [-0.1, -0.05) is 0 Å². The molecule has 1 saturated carbocycles. The number of carbonyl (C=O) groups excluding carboxylic acids is 3. The van der Waals surface area contributed by atoms with E-state index in [-0.39, 0.29) is 29.4 Å². The molecular formula is C29H35N3O8. The highest BCUT2D eigenvalue weighted by atomic mass is 16.5. The lowest BCUT2D eigenvalue weighted by molar-refractivity contribution is -0.156. The molecule has 5 aliphatic rings. The zero-order valence-corrected chi connectivity index (χ0v) is 22.4. The highest BCUT2D eigenvalue weighted by Crippen LogP contribution is 2.54. The van der Waals surface area contributed by atoms with E-state index in [9.17, 15) is 34.8 Å². The lowest BCUT2D eigenvalue weighted by atomic mass is 9.57. The van der Waals surface area contributed by atoms with E-state index in [1.165, 1.54) is 6.07 Å². The molecule has 11 heteroatoms. The second kappa shape index (κ2) is 9.60. The van der Waals surface area contributed by atoms with Gasteiger partial charge in [0, 0.05) is 50.5 Å². The maximum absolute atomic E-state index is 14.1. The first-order valence-electron chi connectivity index (χ1n) is 13.9. The first kappa shape index (κ1) is 26.8. The van der Waals surface area contributed by atoms with Crippen LogP contribution in [-0.4, -0.2) is 93.8 Å². The van der Waals surface area contributed by atoms with Gasteiger partial charge in [0.05, 0.1) is 17.7 Å². The fourth-order valence-electron chi connectivity index (χ4n) is 7.70. The molecule has 3 aliphatic carbocycles. The van der Waals surface area contributed by atoms with Gasteiger partial charge >= 0.3 is 0 Å². The predicted molar refractivity (Wildman–Crippen MR) is 144 cm³/mol. The van der Waals surface area contributed by atoms with Crippen molar-refractivity contribution in [2.75, 3.05) is 38.2 Å². The molecule has 4 atom stereocenters. The number of likely N-dealkylation sites (tertiary alicyclic amines) is 1. The van der Waals surface area contributed by atoms with Gasteiger partial charge in [-0.25, -0.2) is 0 Å². The van der Waals surface area contributed by atoms with Gasteiger partial charge in [-0.2, -0.15) is 0 Å². The van der Waals surface area contributed by atoms with E-state index < -0.39 is 58.0 Å². The molecule has 2 saturated heterocycles. The van der Waals surface area contributed by atoms with Crippen molar-refractivity contribution in [1.29, 1.82) is 0 Å². The van der Waals surface area contributed by atoms with Crippen LogP contribution in [0.4, 0.5) is 5.69 Å². The average molecular weight is 554 g/mol. The first-order valence-corrected chi connectivity index (χ1v) is 13.9. The fraction of sp³-hybridized carbons (Fsp3) is 0.552. The number of methoxy groups -OCH3 is 1. The largest absolute Gasteiger partial charge is 0.508 e. The minimum Gasteiger partial charge on any atom is -0.508 e. The van der Waals surface area contributed by atoms with Crippen LogP contribution in [0.2, 0.25) is 0 Å². The second-order valence-corrected chi connectivity index (χ2v) is 11.6. The van der Waals surface area contributed by atoms with Gasteiger partial charge in [-0.15, -0.1) is 0 Å². The van der Waals surface area contributed by atoms with Crippen LogP contribution in [0.25, 0.3) is 5.76 Å². The molecule has 2 heterocycles. The van der Waals surface area contributed by atoms with E-state index in [2.05, 4.69) is 4.90 Å². The van der Waals surface area contributed by atoms with E-state index in [0.29, 0.717) is 37.9 Å². The SMILES string of the molecule is COC1CCN([C@H]2C(=O)C(C(N)=O)=C(O)[C@@]3(O)C(=O)C4=C(O)c5c(O)ccc(N6CCCC6)c5C[C@H]4C[C@@H]23)CC1. The summed E-state index contributed by atoms with van der Waals surface area (Å²) in [5, 5.41) is 45.3. The molecule has 40 heavy (non-hydrogen) atoms. The summed E-state index contributed by atoms with van der Waals surface area (Å²) >= 11 is 0. The third kappa shape index (κ3) is 3.71. The predicted octanol–water partition coefficient (Wildman–Crippen LogP) is 1.11. The van der Waals surface area contributed by atoms with Gasteiger partial charge in [-0.05, 0) is 62.1 Å². The molecule has 1 aromatic rings. The van der Waals surface area contributed by atoms with Crippen LogP contribution in [-0.2, 0) is 25.5 Å². The smallest absolute Gasteiger partial charge is 0.255 e. The number of phenols is 1. The molecule has 2 aliphatic heterocycles. The number of benzene rings is 1. The Morgan fingerprint density at radius 3 is 2.38 bits per heavy atom. The summed E-state index contributed by atoms with van der Waals surface area (Å²) in [6.07, 6.45) is 3.66. The van der Waals surface area contributed by atoms with Crippen molar-refractivity contribution in [2.45, 2.75) is 56.3 Å². The minimum atomic E-state index is -2.64. The van der Waals surface area contributed by atoms with Crippen molar-refractivity contribution in [2.24, 2.45) is 17.6 Å². The number of hydrogen-bond donors (Lipinski definition) is 5. The van der Waals surface area contributed by atoms with Crippen LogP contribution in [0.5, 0.6) is 5.75 Å². The van der Waals surface area contributed by atoms with Crippen LogP contribution in [0.3, 0.4) is 0 Å². The number of amides is 1. The van der Waals surface area contributed by atoms with E-state index in [1.54, 1.807) is 7.11 Å². The molecular weight excluding hydrogens is 518 g/mol. The standard InChI is InChI=1S/C29H35N3O8/c1-40-15-6-10-32(11-7-15)23-17-13-14-12-16-18(31-8-2-3-9-31)4-5-19(33)21(16)24(34)20(14)26(36)29(17,39)27(37)22(25(23)35)28(30)38/h4-5,14-15,17,23,33-34,37,39H,2-3,6-13H2,1H3,(H2,30,38)/t14-,17-,23+,29-/m0/s1. The normalized spacial score (nSPS) is 31.4. The number of fused-ring (bicyclic) bond motifs is 3. The summed E-state index contributed by atoms with van der Waals surface area (Å²) in [6, 6.07) is 2.23. The van der Waals surface area contributed by atoms with E-state index in [4.69, 9.17) is 10.5 Å². The van der Waals surface area contributed by atoms with E-state index >= 15 is 0 Å². The Morgan fingerprint density at radius 2 is 1.75 bits per heavy atom. The number of anilines is 1. The zero-order valence-electron chi connectivity index (χ0n) is 22.4. The Hall–Kier alpha value is -3.41. The maximum Gasteiger partial charge on any atom is 0.255 e. The Bertz CT molecular complexity index is 1350. The molecule has 0 bridgehead atoms. The quantitative estimate of drug-likeness (QED) is 0.340.